The predicted molar refractivity (Wildman–Crippen MR) is 95.2 cm³/mol. The third-order valence-electron chi connectivity index (χ3n) is 4.30. The first kappa shape index (κ1) is 18.8. The van der Waals surface area contributed by atoms with E-state index in [0.29, 0.717) is 0 Å². The van der Waals surface area contributed by atoms with Gasteiger partial charge in [0, 0.05) is 11.6 Å². The molecule has 144 valence electrons. The summed E-state index contributed by atoms with van der Waals surface area (Å²) in [5.41, 5.74) is 4.49. The molecule has 0 aliphatic carbocycles. The second kappa shape index (κ2) is 6.96. The van der Waals surface area contributed by atoms with Crippen LogP contribution in [0.5, 0.6) is 17.2 Å². The molecule has 1 aromatic carbocycles. The number of methoxy groups -OCH3 is 2. The zero-order chi connectivity index (χ0) is 20.6. The first-order valence-corrected chi connectivity index (χ1v) is 7.94. The van der Waals surface area contributed by atoms with Gasteiger partial charge >= 0.3 is 5.63 Å². The lowest BCUT2D eigenvalue weighted by Gasteiger charge is -2.25. The normalized spacial score (nSPS) is 15.3. The zero-order valence-electron chi connectivity index (χ0n) is 15.1. The minimum absolute atomic E-state index is 0.0165. The van der Waals surface area contributed by atoms with Gasteiger partial charge in [-0.15, -0.1) is 0 Å². The Balaban J connectivity index is 2.41. The van der Waals surface area contributed by atoms with Crippen molar-refractivity contribution in [2.24, 2.45) is 5.73 Å². The summed E-state index contributed by atoms with van der Waals surface area (Å²) in [6.45, 7) is 1.54. The third kappa shape index (κ3) is 2.88. The van der Waals surface area contributed by atoms with Gasteiger partial charge in [-0.2, -0.15) is 5.26 Å². The van der Waals surface area contributed by atoms with Gasteiger partial charge in [-0.25, -0.2) is 4.79 Å². The minimum Gasteiger partial charge on any atom is -0.493 e. The lowest BCUT2D eigenvalue weighted by Crippen LogP contribution is -2.26. The molecule has 1 atom stereocenters. The maximum absolute atomic E-state index is 12.6. The van der Waals surface area contributed by atoms with Crippen LogP contribution in [0.15, 0.2) is 38.9 Å². The Morgan fingerprint density at radius 2 is 1.89 bits per heavy atom. The maximum atomic E-state index is 12.6. The van der Waals surface area contributed by atoms with Crippen LogP contribution in [0.3, 0.4) is 0 Å². The van der Waals surface area contributed by atoms with E-state index >= 15 is 0 Å². The number of hydrogen-bond donors (Lipinski definition) is 1. The highest BCUT2D eigenvalue weighted by atomic mass is 16.6. The van der Waals surface area contributed by atoms with Crippen LogP contribution >= 0.6 is 0 Å². The van der Waals surface area contributed by atoms with Crippen molar-refractivity contribution in [2.75, 3.05) is 14.2 Å². The highest BCUT2D eigenvalue weighted by Gasteiger charge is 2.38. The molecule has 1 aliphatic heterocycles. The molecule has 0 unspecified atom stereocenters. The number of rotatable bonds is 4. The van der Waals surface area contributed by atoms with Gasteiger partial charge in [-0.1, -0.05) is 0 Å². The fourth-order valence-corrected chi connectivity index (χ4v) is 3.10. The van der Waals surface area contributed by atoms with Crippen LogP contribution in [0, 0.1) is 28.4 Å². The number of nitrogens with two attached hydrogens (primary N) is 1. The Hall–Kier alpha value is -4.00. The topological polar surface area (TPSA) is 151 Å². The lowest BCUT2D eigenvalue weighted by molar-refractivity contribution is -0.385. The van der Waals surface area contributed by atoms with Crippen molar-refractivity contribution >= 4 is 5.69 Å². The van der Waals surface area contributed by atoms with Crippen molar-refractivity contribution in [3.63, 3.8) is 0 Å². The van der Waals surface area contributed by atoms with Crippen LogP contribution in [0.1, 0.15) is 22.8 Å². The molecule has 28 heavy (non-hydrogen) atoms. The Labute approximate surface area is 158 Å². The van der Waals surface area contributed by atoms with Gasteiger partial charge in [0.1, 0.15) is 23.2 Å². The van der Waals surface area contributed by atoms with E-state index in [9.17, 15) is 20.2 Å². The number of allylic oxidation sites excluding steroid dienone is 1. The molecule has 1 aliphatic rings. The van der Waals surface area contributed by atoms with Crippen LogP contribution < -0.4 is 25.6 Å². The number of hydrogen-bond acceptors (Lipinski definition) is 9. The molecule has 10 heteroatoms. The third-order valence-corrected chi connectivity index (χ3v) is 4.30. The fraction of sp³-hybridized carbons (Fsp3) is 0.222. The molecule has 3 rings (SSSR count). The molecular formula is C18H15N3O7. The van der Waals surface area contributed by atoms with Gasteiger partial charge < -0.3 is 24.4 Å². The van der Waals surface area contributed by atoms with E-state index < -0.39 is 16.5 Å². The Morgan fingerprint density at radius 1 is 1.25 bits per heavy atom. The van der Waals surface area contributed by atoms with Crippen LogP contribution in [0.2, 0.25) is 0 Å². The second-order valence-corrected chi connectivity index (χ2v) is 5.87. The SMILES string of the molecule is COc1cc([C@H]2C(C#N)=C(N)Oc3cc(C)oc(=O)c32)c([N+](=O)[O-])cc1OC. The van der Waals surface area contributed by atoms with Gasteiger partial charge in [0.2, 0.25) is 5.88 Å². The van der Waals surface area contributed by atoms with Crippen molar-refractivity contribution in [1.29, 1.82) is 5.26 Å². The van der Waals surface area contributed by atoms with Gasteiger partial charge in [0.15, 0.2) is 11.5 Å². The number of nitrogens with zero attached hydrogens (tertiary/aromatic N) is 2. The molecule has 10 nitrogen and oxygen atoms in total. The van der Waals surface area contributed by atoms with Crippen LogP contribution in [0.4, 0.5) is 5.69 Å². The highest BCUT2D eigenvalue weighted by Crippen LogP contribution is 2.46. The number of fused-ring (bicyclic) bond motifs is 1. The lowest BCUT2D eigenvalue weighted by atomic mass is 9.83. The molecule has 0 saturated heterocycles. The molecule has 0 amide bonds. The molecule has 2 aromatic rings. The molecule has 0 fully saturated rings. The first-order chi connectivity index (χ1) is 13.3. The van der Waals surface area contributed by atoms with Crippen LogP contribution in [-0.4, -0.2) is 19.1 Å². The molecule has 0 spiro atoms. The summed E-state index contributed by atoms with van der Waals surface area (Å²) in [5, 5.41) is 21.3. The number of aryl methyl sites for hydroxylation is 1. The molecule has 1 aromatic heterocycles. The Morgan fingerprint density at radius 3 is 2.46 bits per heavy atom. The van der Waals surface area contributed by atoms with Gasteiger partial charge in [-0.3, -0.25) is 10.1 Å². The summed E-state index contributed by atoms with van der Waals surface area (Å²) < 4.78 is 20.9. The molecule has 2 N–H and O–H groups in total. The van der Waals surface area contributed by atoms with E-state index in [2.05, 4.69) is 0 Å². The zero-order valence-corrected chi connectivity index (χ0v) is 15.1. The summed E-state index contributed by atoms with van der Waals surface area (Å²) in [7, 11) is 2.69. The van der Waals surface area contributed by atoms with E-state index in [1.165, 1.54) is 26.4 Å². The van der Waals surface area contributed by atoms with E-state index in [4.69, 9.17) is 24.4 Å². The Kier molecular flexibility index (Phi) is 4.67. The van der Waals surface area contributed by atoms with Gasteiger partial charge in [-0.05, 0) is 13.0 Å². The van der Waals surface area contributed by atoms with Crippen molar-refractivity contribution in [3.05, 3.63) is 67.1 Å². The molecule has 0 saturated carbocycles. The molecule has 2 heterocycles. The van der Waals surface area contributed by atoms with Crippen LogP contribution in [0.25, 0.3) is 0 Å². The number of nitro groups is 1. The van der Waals surface area contributed by atoms with E-state index in [0.717, 1.165) is 6.07 Å². The monoisotopic (exact) mass is 385 g/mol. The number of benzene rings is 1. The number of nitriles is 1. The molecule has 0 bridgehead atoms. The van der Waals surface area contributed by atoms with E-state index in [1.807, 2.05) is 6.07 Å². The van der Waals surface area contributed by atoms with Crippen molar-refractivity contribution in [3.8, 4) is 23.3 Å². The largest absolute Gasteiger partial charge is 0.493 e. The number of ether oxygens (including phenoxy) is 3. The predicted octanol–water partition coefficient (Wildman–Crippen LogP) is 2.09. The summed E-state index contributed by atoms with van der Waals surface area (Å²) in [4.78, 5) is 23.6. The summed E-state index contributed by atoms with van der Waals surface area (Å²) in [5.74, 6) is -0.795. The minimum atomic E-state index is -1.18. The maximum Gasteiger partial charge on any atom is 0.343 e. The molecule has 0 radical (unpaired) electrons. The summed E-state index contributed by atoms with van der Waals surface area (Å²) >= 11 is 0. The molecular weight excluding hydrogens is 370 g/mol. The summed E-state index contributed by atoms with van der Waals surface area (Å²) in [6, 6.07) is 5.79. The van der Waals surface area contributed by atoms with Crippen molar-refractivity contribution < 1.29 is 23.6 Å². The average Bonchev–Trinajstić information content (AvgIpc) is 2.65. The number of nitro benzene ring substituents is 1. The second-order valence-electron chi connectivity index (χ2n) is 5.87. The smallest absolute Gasteiger partial charge is 0.343 e. The fourth-order valence-electron chi connectivity index (χ4n) is 3.10. The average molecular weight is 385 g/mol. The first-order valence-electron chi connectivity index (χ1n) is 7.94. The Bertz CT molecular complexity index is 1110. The standard InChI is InChI=1S/C18H15N3O7/c1-8-4-14-16(18(22)27-8)15(10(7-19)17(20)28-14)9-5-12(25-2)13(26-3)6-11(9)21(23)24/h4-6,15H,20H2,1-3H3/t15-/m0/s1. The van der Waals surface area contributed by atoms with E-state index in [-0.39, 0.29) is 51.3 Å². The van der Waals surface area contributed by atoms with E-state index in [1.54, 1.807) is 6.92 Å². The van der Waals surface area contributed by atoms with Crippen molar-refractivity contribution in [1.82, 2.24) is 0 Å². The quantitative estimate of drug-likeness (QED) is 0.616. The highest BCUT2D eigenvalue weighted by molar-refractivity contribution is 5.63. The summed E-state index contributed by atoms with van der Waals surface area (Å²) in [6.07, 6.45) is 0. The van der Waals surface area contributed by atoms with Gasteiger partial charge in [0.25, 0.3) is 5.69 Å². The van der Waals surface area contributed by atoms with Gasteiger partial charge in [0.05, 0.1) is 36.7 Å². The van der Waals surface area contributed by atoms with Crippen molar-refractivity contribution in [2.45, 2.75) is 12.8 Å². The van der Waals surface area contributed by atoms with Crippen LogP contribution in [-0.2, 0) is 0 Å².